The first kappa shape index (κ1) is 14.0. The minimum Gasteiger partial charge on any atom is -0.314 e. The first-order chi connectivity index (χ1) is 8.68. The lowest BCUT2D eigenvalue weighted by Crippen LogP contribution is -2.46. The quantitative estimate of drug-likeness (QED) is 0.917. The van der Waals surface area contributed by atoms with Gasteiger partial charge in [0.15, 0.2) is 0 Å². The monoisotopic (exact) mass is 311 g/mol. The number of likely N-dealkylation sites (N-methyl/N-ethyl adjacent to an activating group) is 1. The number of hydrogen-bond donors (Lipinski definition) is 1. The standard InChI is InChI=1S/C14H22BrN3/c1-17(2)14(11-18-9-7-16-8-10-18)12-5-3-4-6-13(12)15/h3-6,14,16H,7-11H2,1-2H3. The summed E-state index contributed by atoms with van der Waals surface area (Å²) in [4.78, 5) is 4.85. The number of piperazine rings is 1. The number of nitrogens with one attached hydrogen (secondary N) is 1. The minimum atomic E-state index is 0.443. The van der Waals surface area contributed by atoms with Gasteiger partial charge in [0.05, 0.1) is 0 Å². The number of nitrogens with zero attached hydrogens (tertiary/aromatic N) is 2. The highest BCUT2D eigenvalue weighted by Gasteiger charge is 2.21. The van der Waals surface area contributed by atoms with E-state index < -0.39 is 0 Å². The molecule has 0 saturated carbocycles. The molecule has 0 aliphatic carbocycles. The van der Waals surface area contributed by atoms with Gasteiger partial charge >= 0.3 is 0 Å². The molecule has 0 bridgehead atoms. The van der Waals surface area contributed by atoms with Gasteiger partial charge in [0.25, 0.3) is 0 Å². The van der Waals surface area contributed by atoms with Crippen LogP contribution in [0.2, 0.25) is 0 Å². The fourth-order valence-electron chi connectivity index (χ4n) is 2.42. The molecule has 1 N–H and O–H groups in total. The predicted octanol–water partition coefficient (Wildman–Crippen LogP) is 1.96. The molecule has 100 valence electrons. The van der Waals surface area contributed by atoms with Crippen molar-refractivity contribution in [2.45, 2.75) is 6.04 Å². The van der Waals surface area contributed by atoms with Crippen LogP contribution in [0.1, 0.15) is 11.6 Å². The second-order valence-electron chi connectivity index (χ2n) is 5.05. The van der Waals surface area contributed by atoms with E-state index in [1.165, 1.54) is 10.0 Å². The van der Waals surface area contributed by atoms with Crippen LogP contribution >= 0.6 is 15.9 Å². The van der Waals surface area contributed by atoms with Crippen LogP contribution in [0.15, 0.2) is 28.7 Å². The van der Waals surface area contributed by atoms with E-state index in [-0.39, 0.29) is 0 Å². The van der Waals surface area contributed by atoms with Crippen LogP contribution in [-0.4, -0.2) is 56.6 Å². The summed E-state index contributed by atoms with van der Waals surface area (Å²) in [6, 6.07) is 8.98. The lowest BCUT2D eigenvalue weighted by atomic mass is 10.1. The van der Waals surface area contributed by atoms with E-state index in [1.54, 1.807) is 0 Å². The molecule has 0 spiro atoms. The SMILES string of the molecule is CN(C)C(CN1CCNCC1)c1ccccc1Br. The highest BCUT2D eigenvalue weighted by Crippen LogP contribution is 2.27. The average molecular weight is 312 g/mol. The Hall–Kier alpha value is -0.420. The highest BCUT2D eigenvalue weighted by molar-refractivity contribution is 9.10. The highest BCUT2D eigenvalue weighted by atomic mass is 79.9. The van der Waals surface area contributed by atoms with Crippen molar-refractivity contribution in [2.75, 3.05) is 46.8 Å². The molecular weight excluding hydrogens is 290 g/mol. The summed E-state index contributed by atoms with van der Waals surface area (Å²) in [5.74, 6) is 0. The molecule has 3 nitrogen and oxygen atoms in total. The smallest absolute Gasteiger partial charge is 0.0480 e. The maximum Gasteiger partial charge on any atom is 0.0480 e. The number of hydrogen-bond acceptors (Lipinski definition) is 3. The first-order valence-corrected chi connectivity index (χ1v) is 7.31. The molecule has 1 aliphatic heterocycles. The van der Waals surface area contributed by atoms with Crippen molar-refractivity contribution in [3.8, 4) is 0 Å². The third-order valence-electron chi connectivity index (χ3n) is 3.53. The van der Waals surface area contributed by atoms with Gasteiger partial charge < -0.3 is 10.2 Å². The summed E-state index contributed by atoms with van der Waals surface area (Å²) in [6.07, 6.45) is 0. The summed E-state index contributed by atoms with van der Waals surface area (Å²) in [7, 11) is 4.32. The average Bonchev–Trinajstić information content (AvgIpc) is 2.38. The van der Waals surface area contributed by atoms with Crippen molar-refractivity contribution in [1.82, 2.24) is 15.1 Å². The summed E-state index contributed by atoms with van der Waals surface area (Å²) in [5.41, 5.74) is 1.38. The fraction of sp³-hybridized carbons (Fsp3) is 0.571. The molecule has 0 radical (unpaired) electrons. The van der Waals surface area contributed by atoms with Gasteiger partial charge in [-0.05, 0) is 25.7 Å². The van der Waals surface area contributed by atoms with Crippen molar-refractivity contribution in [3.63, 3.8) is 0 Å². The Kier molecular flexibility index (Phi) is 5.18. The Labute approximate surface area is 118 Å². The molecule has 1 aromatic rings. The third kappa shape index (κ3) is 3.54. The van der Waals surface area contributed by atoms with E-state index in [0.29, 0.717) is 6.04 Å². The van der Waals surface area contributed by atoms with E-state index in [9.17, 15) is 0 Å². The van der Waals surface area contributed by atoms with Crippen molar-refractivity contribution in [3.05, 3.63) is 34.3 Å². The predicted molar refractivity (Wildman–Crippen MR) is 79.9 cm³/mol. The molecule has 1 heterocycles. The van der Waals surface area contributed by atoms with E-state index in [0.717, 1.165) is 32.7 Å². The zero-order valence-electron chi connectivity index (χ0n) is 11.2. The van der Waals surface area contributed by atoms with Gasteiger partial charge in [0.2, 0.25) is 0 Å². The van der Waals surface area contributed by atoms with E-state index >= 15 is 0 Å². The zero-order chi connectivity index (χ0) is 13.0. The topological polar surface area (TPSA) is 18.5 Å². The molecule has 0 amide bonds. The molecule has 0 aromatic heterocycles. The van der Waals surface area contributed by atoms with Crippen LogP contribution in [0.5, 0.6) is 0 Å². The van der Waals surface area contributed by atoms with E-state index in [2.05, 4.69) is 69.4 Å². The van der Waals surface area contributed by atoms with Crippen molar-refractivity contribution in [2.24, 2.45) is 0 Å². The van der Waals surface area contributed by atoms with Gasteiger partial charge in [-0.15, -0.1) is 0 Å². The number of benzene rings is 1. The normalized spacial score (nSPS) is 19.1. The second kappa shape index (κ2) is 6.66. The van der Waals surface area contributed by atoms with Gasteiger partial charge in [-0.3, -0.25) is 4.90 Å². The van der Waals surface area contributed by atoms with E-state index in [4.69, 9.17) is 0 Å². The maximum absolute atomic E-state index is 3.67. The Morgan fingerprint density at radius 1 is 1.28 bits per heavy atom. The zero-order valence-corrected chi connectivity index (χ0v) is 12.8. The summed E-state index contributed by atoms with van der Waals surface area (Å²) in [6.45, 7) is 5.60. The fourth-order valence-corrected chi connectivity index (χ4v) is 2.97. The van der Waals surface area contributed by atoms with Crippen LogP contribution in [0.3, 0.4) is 0 Å². The molecule has 1 fully saturated rings. The van der Waals surface area contributed by atoms with Crippen molar-refractivity contribution < 1.29 is 0 Å². The lowest BCUT2D eigenvalue weighted by molar-refractivity contribution is 0.168. The minimum absolute atomic E-state index is 0.443. The van der Waals surface area contributed by atoms with Crippen LogP contribution in [0.4, 0.5) is 0 Å². The van der Waals surface area contributed by atoms with Crippen LogP contribution < -0.4 is 5.32 Å². The molecule has 18 heavy (non-hydrogen) atoms. The Morgan fingerprint density at radius 3 is 2.56 bits per heavy atom. The third-order valence-corrected chi connectivity index (χ3v) is 4.25. The Balaban J connectivity index is 2.10. The molecule has 4 heteroatoms. The van der Waals surface area contributed by atoms with Gasteiger partial charge in [-0.2, -0.15) is 0 Å². The van der Waals surface area contributed by atoms with E-state index in [1.807, 2.05) is 0 Å². The van der Waals surface area contributed by atoms with Crippen molar-refractivity contribution >= 4 is 15.9 Å². The number of rotatable bonds is 4. The first-order valence-electron chi connectivity index (χ1n) is 6.52. The molecule has 1 aromatic carbocycles. The lowest BCUT2D eigenvalue weighted by Gasteiger charge is -2.34. The van der Waals surface area contributed by atoms with Gasteiger partial charge in [0.1, 0.15) is 0 Å². The maximum atomic E-state index is 3.67. The van der Waals surface area contributed by atoms with Gasteiger partial charge in [0, 0.05) is 43.2 Å². The molecule has 1 unspecified atom stereocenters. The molecule has 2 rings (SSSR count). The van der Waals surface area contributed by atoms with Gasteiger partial charge in [-0.1, -0.05) is 34.1 Å². The molecular formula is C14H22BrN3. The summed E-state index contributed by atoms with van der Waals surface area (Å²) in [5, 5.41) is 3.40. The number of halogens is 1. The van der Waals surface area contributed by atoms with Gasteiger partial charge in [-0.25, -0.2) is 0 Å². The second-order valence-corrected chi connectivity index (χ2v) is 5.91. The largest absolute Gasteiger partial charge is 0.314 e. The Morgan fingerprint density at radius 2 is 1.94 bits per heavy atom. The van der Waals surface area contributed by atoms with Crippen LogP contribution in [-0.2, 0) is 0 Å². The summed E-state index contributed by atoms with van der Waals surface area (Å²) < 4.78 is 1.21. The van der Waals surface area contributed by atoms with Crippen LogP contribution in [0, 0.1) is 0 Å². The van der Waals surface area contributed by atoms with Crippen LogP contribution in [0.25, 0.3) is 0 Å². The summed E-state index contributed by atoms with van der Waals surface area (Å²) >= 11 is 3.67. The molecule has 1 atom stereocenters. The molecule has 1 saturated heterocycles. The Bertz CT molecular complexity index is 375. The molecule has 1 aliphatic rings. The van der Waals surface area contributed by atoms with Crippen molar-refractivity contribution in [1.29, 1.82) is 0 Å².